The zero-order chi connectivity index (χ0) is 12.3. The highest BCUT2D eigenvalue weighted by Crippen LogP contribution is 2.28. The predicted octanol–water partition coefficient (Wildman–Crippen LogP) is 2.04. The van der Waals surface area contributed by atoms with Gasteiger partial charge >= 0.3 is 0 Å². The Bertz CT molecular complexity index is 374. The summed E-state index contributed by atoms with van der Waals surface area (Å²) < 4.78 is 0. The van der Waals surface area contributed by atoms with E-state index in [0.29, 0.717) is 0 Å². The molecule has 3 nitrogen and oxygen atoms in total. The third-order valence-corrected chi connectivity index (χ3v) is 3.32. The molecule has 0 radical (unpaired) electrons. The van der Waals surface area contributed by atoms with Gasteiger partial charge in [-0.2, -0.15) is 0 Å². The van der Waals surface area contributed by atoms with Crippen LogP contribution in [0.4, 0.5) is 11.4 Å². The minimum atomic E-state index is 1.00. The summed E-state index contributed by atoms with van der Waals surface area (Å²) in [5.74, 6) is 0. The van der Waals surface area contributed by atoms with Gasteiger partial charge in [0.2, 0.25) is 0 Å². The Morgan fingerprint density at radius 2 is 2.18 bits per heavy atom. The second kappa shape index (κ2) is 5.41. The fraction of sp³-hybridized carbons (Fsp3) is 0.571. The van der Waals surface area contributed by atoms with Crippen molar-refractivity contribution in [2.45, 2.75) is 12.8 Å². The van der Waals surface area contributed by atoms with E-state index in [9.17, 15) is 0 Å². The van der Waals surface area contributed by atoms with Gasteiger partial charge in [0.15, 0.2) is 0 Å². The zero-order valence-corrected chi connectivity index (χ0v) is 11.2. The molecule has 2 rings (SSSR count). The van der Waals surface area contributed by atoms with Crippen LogP contribution >= 0.6 is 0 Å². The molecule has 1 aromatic carbocycles. The van der Waals surface area contributed by atoms with Crippen LogP contribution in [0.25, 0.3) is 0 Å². The van der Waals surface area contributed by atoms with Gasteiger partial charge in [0, 0.05) is 38.1 Å². The van der Waals surface area contributed by atoms with E-state index < -0.39 is 0 Å². The van der Waals surface area contributed by atoms with Crippen molar-refractivity contribution < 1.29 is 0 Å². The van der Waals surface area contributed by atoms with Crippen molar-refractivity contribution in [1.29, 1.82) is 0 Å². The number of anilines is 2. The van der Waals surface area contributed by atoms with Gasteiger partial charge in [-0.15, -0.1) is 0 Å². The molecule has 0 aliphatic carbocycles. The van der Waals surface area contributed by atoms with Crippen LogP contribution in [0.3, 0.4) is 0 Å². The maximum absolute atomic E-state index is 3.48. The fourth-order valence-corrected chi connectivity index (χ4v) is 2.32. The van der Waals surface area contributed by atoms with Gasteiger partial charge < -0.3 is 15.1 Å². The molecule has 1 aliphatic heterocycles. The van der Waals surface area contributed by atoms with E-state index in [0.717, 1.165) is 13.1 Å². The van der Waals surface area contributed by atoms with Crippen LogP contribution < -0.4 is 10.2 Å². The highest BCUT2D eigenvalue weighted by atomic mass is 15.1. The minimum absolute atomic E-state index is 1.00. The van der Waals surface area contributed by atoms with E-state index in [4.69, 9.17) is 0 Å². The number of hydrogen-bond acceptors (Lipinski definition) is 3. The summed E-state index contributed by atoms with van der Waals surface area (Å²) in [5, 5.41) is 3.48. The number of nitrogens with one attached hydrogen (secondary N) is 1. The van der Waals surface area contributed by atoms with Crippen molar-refractivity contribution in [3.8, 4) is 0 Å². The maximum atomic E-state index is 3.48. The highest BCUT2D eigenvalue weighted by molar-refractivity contribution is 5.62. The lowest BCUT2D eigenvalue weighted by atomic mass is 10.0. The van der Waals surface area contributed by atoms with E-state index in [1.54, 1.807) is 0 Å². The molecule has 0 fully saturated rings. The van der Waals surface area contributed by atoms with Gasteiger partial charge in [-0.25, -0.2) is 0 Å². The van der Waals surface area contributed by atoms with Crippen LogP contribution in [0.15, 0.2) is 18.2 Å². The topological polar surface area (TPSA) is 18.5 Å². The van der Waals surface area contributed by atoms with Crippen LogP contribution in [0.1, 0.15) is 12.0 Å². The van der Waals surface area contributed by atoms with Crippen molar-refractivity contribution in [3.05, 3.63) is 23.8 Å². The summed E-state index contributed by atoms with van der Waals surface area (Å²) in [6.45, 7) is 3.25. The largest absolute Gasteiger partial charge is 0.384 e. The molecule has 0 unspecified atom stereocenters. The summed E-state index contributed by atoms with van der Waals surface area (Å²) in [4.78, 5) is 4.54. The number of fused-ring (bicyclic) bond motifs is 1. The molecule has 17 heavy (non-hydrogen) atoms. The van der Waals surface area contributed by atoms with Gasteiger partial charge in [-0.3, -0.25) is 0 Å². The summed E-state index contributed by atoms with van der Waals surface area (Å²) in [6.07, 6.45) is 2.48. The molecule has 0 spiro atoms. The Morgan fingerprint density at radius 1 is 1.35 bits per heavy atom. The van der Waals surface area contributed by atoms with Crippen LogP contribution in [0.5, 0.6) is 0 Å². The maximum Gasteiger partial charge on any atom is 0.0397 e. The first-order chi connectivity index (χ1) is 8.16. The fourth-order valence-electron chi connectivity index (χ4n) is 2.32. The molecule has 0 saturated heterocycles. The average Bonchev–Trinajstić information content (AvgIpc) is 2.29. The molecule has 0 bridgehead atoms. The summed E-state index contributed by atoms with van der Waals surface area (Å²) in [5.41, 5.74) is 4.13. The molecule has 1 aliphatic rings. The molecule has 1 aromatic rings. The van der Waals surface area contributed by atoms with Crippen LogP contribution in [-0.4, -0.2) is 45.7 Å². The monoisotopic (exact) mass is 233 g/mol. The van der Waals surface area contributed by atoms with Crippen molar-refractivity contribution in [3.63, 3.8) is 0 Å². The van der Waals surface area contributed by atoms with Crippen molar-refractivity contribution in [2.75, 3.05) is 51.0 Å². The van der Waals surface area contributed by atoms with Crippen molar-refractivity contribution in [2.24, 2.45) is 0 Å². The number of nitrogens with zero attached hydrogens (tertiary/aromatic N) is 2. The SMILES string of the molecule is CN(C)CCNc1ccc2c(c1)CCCN2C. The molecular formula is C14H23N3. The molecule has 0 aromatic heterocycles. The van der Waals surface area contributed by atoms with E-state index in [1.807, 2.05) is 0 Å². The Kier molecular flexibility index (Phi) is 3.89. The molecule has 94 valence electrons. The van der Waals surface area contributed by atoms with Gasteiger partial charge in [-0.1, -0.05) is 0 Å². The lowest BCUT2D eigenvalue weighted by molar-refractivity contribution is 0.425. The number of aryl methyl sites for hydroxylation is 1. The Labute approximate surface area is 104 Å². The second-order valence-electron chi connectivity index (χ2n) is 5.10. The van der Waals surface area contributed by atoms with Crippen molar-refractivity contribution in [1.82, 2.24) is 4.90 Å². The quantitative estimate of drug-likeness (QED) is 0.858. The average molecular weight is 233 g/mol. The van der Waals surface area contributed by atoms with Gasteiger partial charge in [0.1, 0.15) is 0 Å². The molecule has 0 atom stereocenters. The number of hydrogen-bond donors (Lipinski definition) is 1. The second-order valence-corrected chi connectivity index (χ2v) is 5.10. The first-order valence-electron chi connectivity index (χ1n) is 6.39. The van der Waals surface area contributed by atoms with Gasteiger partial charge in [-0.05, 0) is 50.7 Å². The number of rotatable bonds is 4. The summed E-state index contributed by atoms with van der Waals surface area (Å²) in [6, 6.07) is 6.74. The standard InChI is InChI=1S/C14H23N3/c1-16(2)10-8-15-13-6-7-14-12(11-13)5-4-9-17(14)3/h6-7,11,15H,4-5,8-10H2,1-3H3. The van der Waals surface area contributed by atoms with Crippen molar-refractivity contribution >= 4 is 11.4 Å². The van der Waals surface area contributed by atoms with Gasteiger partial charge in [0.05, 0.1) is 0 Å². The normalized spacial score (nSPS) is 14.9. The lowest BCUT2D eigenvalue weighted by Gasteiger charge is -2.28. The first kappa shape index (κ1) is 12.2. The minimum Gasteiger partial charge on any atom is -0.384 e. The third kappa shape index (κ3) is 3.13. The number of benzene rings is 1. The summed E-state index contributed by atoms with van der Waals surface area (Å²) in [7, 11) is 6.38. The first-order valence-corrected chi connectivity index (χ1v) is 6.39. The van der Waals surface area contributed by atoms with Gasteiger partial charge in [0.25, 0.3) is 0 Å². The van der Waals surface area contributed by atoms with E-state index in [2.05, 4.69) is 54.5 Å². The highest BCUT2D eigenvalue weighted by Gasteiger charge is 2.13. The van der Waals surface area contributed by atoms with E-state index in [1.165, 1.54) is 36.3 Å². The Hall–Kier alpha value is -1.22. The molecule has 0 amide bonds. The predicted molar refractivity (Wildman–Crippen MR) is 75.1 cm³/mol. The summed E-state index contributed by atoms with van der Waals surface area (Å²) >= 11 is 0. The van der Waals surface area contributed by atoms with E-state index in [-0.39, 0.29) is 0 Å². The Balaban J connectivity index is 2.01. The van der Waals surface area contributed by atoms with Crippen LogP contribution in [0, 0.1) is 0 Å². The molecule has 3 heteroatoms. The lowest BCUT2D eigenvalue weighted by Crippen LogP contribution is -2.25. The van der Waals surface area contributed by atoms with E-state index >= 15 is 0 Å². The smallest absolute Gasteiger partial charge is 0.0397 e. The van der Waals surface area contributed by atoms with Crippen LogP contribution in [0.2, 0.25) is 0 Å². The molecule has 1 N–H and O–H groups in total. The molecule has 0 saturated carbocycles. The molecular weight excluding hydrogens is 210 g/mol. The zero-order valence-electron chi connectivity index (χ0n) is 11.2. The number of likely N-dealkylation sites (N-methyl/N-ethyl adjacent to an activating group) is 1. The van der Waals surface area contributed by atoms with Crippen LogP contribution in [-0.2, 0) is 6.42 Å². The Morgan fingerprint density at radius 3 is 2.94 bits per heavy atom. The third-order valence-electron chi connectivity index (χ3n) is 3.32. The molecule has 1 heterocycles.